The van der Waals surface area contributed by atoms with Crippen molar-refractivity contribution in [2.75, 3.05) is 14.2 Å². The lowest BCUT2D eigenvalue weighted by Gasteiger charge is -2.15. The monoisotopic (exact) mass is 475 g/mol. The van der Waals surface area contributed by atoms with E-state index in [1.165, 1.54) is 5.56 Å². The molecule has 0 atom stereocenters. The van der Waals surface area contributed by atoms with Crippen molar-refractivity contribution in [1.82, 2.24) is 5.32 Å². The average Bonchev–Trinajstić information content (AvgIpc) is 2.75. The van der Waals surface area contributed by atoms with Crippen LogP contribution in [-0.2, 0) is 19.7 Å². The van der Waals surface area contributed by atoms with Crippen LogP contribution in [0.1, 0.15) is 16.7 Å². The maximum atomic E-state index is 5.96. The van der Waals surface area contributed by atoms with Gasteiger partial charge in [-0.2, -0.15) is 0 Å². The van der Waals surface area contributed by atoms with Crippen LogP contribution in [0.5, 0.6) is 17.2 Å². The Bertz CT molecular complexity index is 930. The molecule has 3 aromatic carbocycles. The van der Waals surface area contributed by atoms with E-state index in [4.69, 9.17) is 25.8 Å². The van der Waals surface area contributed by atoms with Gasteiger partial charge in [-0.1, -0.05) is 51.8 Å². The summed E-state index contributed by atoms with van der Waals surface area (Å²) in [7, 11) is 3.31. The molecule has 0 saturated carbocycles. The number of halogens is 2. The van der Waals surface area contributed by atoms with E-state index < -0.39 is 0 Å². The number of rotatable bonds is 9. The van der Waals surface area contributed by atoms with Crippen molar-refractivity contribution >= 4 is 27.5 Å². The summed E-state index contributed by atoms with van der Waals surface area (Å²) in [6.07, 6.45) is 0. The van der Waals surface area contributed by atoms with Crippen molar-refractivity contribution < 1.29 is 14.2 Å². The largest absolute Gasteiger partial charge is 0.497 e. The van der Waals surface area contributed by atoms with Gasteiger partial charge >= 0.3 is 0 Å². The van der Waals surface area contributed by atoms with E-state index in [0.29, 0.717) is 29.7 Å². The predicted octanol–water partition coefficient (Wildman–Crippen LogP) is 5.99. The smallest absolute Gasteiger partial charge is 0.162 e. The molecule has 152 valence electrons. The molecule has 0 spiro atoms. The Morgan fingerprint density at radius 1 is 0.828 bits per heavy atom. The second-order valence-electron chi connectivity index (χ2n) is 6.46. The predicted molar refractivity (Wildman–Crippen MR) is 120 cm³/mol. The quantitative estimate of drug-likeness (QED) is 0.412. The first-order chi connectivity index (χ1) is 14.1. The molecule has 0 aliphatic carbocycles. The van der Waals surface area contributed by atoms with Crippen molar-refractivity contribution in [3.8, 4) is 17.2 Å². The van der Waals surface area contributed by atoms with Gasteiger partial charge in [0.1, 0.15) is 12.4 Å². The highest BCUT2D eigenvalue weighted by Crippen LogP contribution is 2.34. The lowest BCUT2D eigenvalue weighted by Crippen LogP contribution is -2.13. The summed E-state index contributed by atoms with van der Waals surface area (Å²) >= 11 is 9.57. The fourth-order valence-electron chi connectivity index (χ4n) is 2.81. The topological polar surface area (TPSA) is 39.7 Å². The molecule has 0 saturated heterocycles. The van der Waals surface area contributed by atoms with E-state index in [1.807, 2.05) is 48.5 Å². The second kappa shape index (κ2) is 10.5. The van der Waals surface area contributed by atoms with Gasteiger partial charge in [0.2, 0.25) is 0 Å². The molecule has 29 heavy (non-hydrogen) atoms. The number of benzene rings is 3. The minimum Gasteiger partial charge on any atom is -0.497 e. The molecule has 3 aromatic rings. The first kappa shape index (κ1) is 21.5. The van der Waals surface area contributed by atoms with E-state index in [9.17, 15) is 0 Å². The van der Waals surface area contributed by atoms with Crippen LogP contribution in [0.3, 0.4) is 0 Å². The Morgan fingerprint density at radius 3 is 2.17 bits per heavy atom. The van der Waals surface area contributed by atoms with Crippen LogP contribution in [0.25, 0.3) is 0 Å². The summed E-state index contributed by atoms with van der Waals surface area (Å²) in [5, 5.41) is 4.16. The van der Waals surface area contributed by atoms with E-state index in [1.54, 1.807) is 14.2 Å². The molecule has 0 bridgehead atoms. The van der Waals surface area contributed by atoms with Gasteiger partial charge in [0, 0.05) is 22.6 Å². The number of hydrogen-bond acceptors (Lipinski definition) is 4. The van der Waals surface area contributed by atoms with Gasteiger partial charge in [0.15, 0.2) is 11.5 Å². The maximum Gasteiger partial charge on any atom is 0.162 e. The highest BCUT2D eigenvalue weighted by atomic mass is 79.9. The van der Waals surface area contributed by atoms with Gasteiger partial charge in [0.25, 0.3) is 0 Å². The summed E-state index contributed by atoms with van der Waals surface area (Å²) in [4.78, 5) is 0. The highest BCUT2D eigenvalue weighted by molar-refractivity contribution is 9.10. The summed E-state index contributed by atoms with van der Waals surface area (Å²) in [6, 6.07) is 19.6. The lowest BCUT2D eigenvalue weighted by atomic mass is 10.1. The number of nitrogens with one attached hydrogen (secondary N) is 1. The number of hydrogen-bond donors (Lipinski definition) is 1. The Kier molecular flexibility index (Phi) is 7.81. The molecule has 0 heterocycles. The summed E-state index contributed by atoms with van der Waals surface area (Å²) in [5.41, 5.74) is 3.32. The Hall–Kier alpha value is -2.21. The van der Waals surface area contributed by atoms with Gasteiger partial charge in [-0.3, -0.25) is 0 Å². The standard InChI is InChI=1S/C23H23BrClNO3/c1-27-20-9-5-16(6-10-20)13-26-14-18-11-22(28-2)23(12-21(18)24)29-15-17-3-7-19(25)8-4-17/h3-12,26H,13-15H2,1-2H3. The Labute approximate surface area is 184 Å². The van der Waals surface area contributed by atoms with Crippen LogP contribution in [0.4, 0.5) is 0 Å². The normalized spacial score (nSPS) is 10.6. The molecule has 4 nitrogen and oxygen atoms in total. The molecule has 3 rings (SSSR count). The molecule has 0 aromatic heterocycles. The zero-order valence-corrected chi connectivity index (χ0v) is 18.7. The molecule has 1 N–H and O–H groups in total. The van der Waals surface area contributed by atoms with Crippen molar-refractivity contribution in [3.63, 3.8) is 0 Å². The van der Waals surface area contributed by atoms with Crippen molar-refractivity contribution in [2.45, 2.75) is 19.7 Å². The van der Waals surface area contributed by atoms with Gasteiger partial charge < -0.3 is 19.5 Å². The van der Waals surface area contributed by atoms with Gasteiger partial charge in [-0.15, -0.1) is 0 Å². The van der Waals surface area contributed by atoms with E-state index in [0.717, 1.165) is 27.9 Å². The Balaban J connectivity index is 1.61. The van der Waals surface area contributed by atoms with Gasteiger partial charge in [-0.05, 0) is 53.1 Å². The minimum absolute atomic E-state index is 0.440. The maximum absolute atomic E-state index is 5.96. The van der Waals surface area contributed by atoms with Crippen molar-refractivity contribution in [3.05, 3.63) is 86.8 Å². The van der Waals surface area contributed by atoms with Crippen LogP contribution < -0.4 is 19.5 Å². The Morgan fingerprint density at radius 2 is 1.52 bits per heavy atom. The van der Waals surface area contributed by atoms with Gasteiger partial charge in [0.05, 0.1) is 14.2 Å². The molecule has 6 heteroatoms. The molecular formula is C23H23BrClNO3. The fourth-order valence-corrected chi connectivity index (χ4v) is 3.40. The van der Waals surface area contributed by atoms with Crippen LogP contribution in [0, 0.1) is 0 Å². The fraction of sp³-hybridized carbons (Fsp3) is 0.217. The van der Waals surface area contributed by atoms with Crippen LogP contribution >= 0.6 is 27.5 Å². The lowest BCUT2D eigenvalue weighted by molar-refractivity contribution is 0.284. The molecule has 0 radical (unpaired) electrons. The van der Waals surface area contributed by atoms with E-state index in [2.05, 4.69) is 33.4 Å². The molecular weight excluding hydrogens is 454 g/mol. The SMILES string of the molecule is COc1ccc(CNCc2cc(OC)c(OCc3ccc(Cl)cc3)cc2Br)cc1. The van der Waals surface area contributed by atoms with Crippen LogP contribution in [-0.4, -0.2) is 14.2 Å². The highest BCUT2D eigenvalue weighted by Gasteiger charge is 2.11. The number of methoxy groups -OCH3 is 2. The molecule has 0 amide bonds. The molecule has 0 unspecified atom stereocenters. The summed E-state index contributed by atoms with van der Waals surface area (Å²) in [6.45, 7) is 1.89. The minimum atomic E-state index is 0.440. The first-order valence-electron chi connectivity index (χ1n) is 9.16. The molecule has 0 aliphatic heterocycles. The number of ether oxygens (including phenoxy) is 3. The van der Waals surface area contributed by atoms with E-state index >= 15 is 0 Å². The molecule has 0 fully saturated rings. The molecule has 0 aliphatic rings. The summed E-state index contributed by atoms with van der Waals surface area (Å²) in [5.74, 6) is 2.24. The zero-order valence-electron chi connectivity index (χ0n) is 16.4. The van der Waals surface area contributed by atoms with Crippen molar-refractivity contribution in [2.24, 2.45) is 0 Å². The third-order valence-corrected chi connectivity index (χ3v) is 5.43. The van der Waals surface area contributed by atoms with Crippen LogP contribution in [0.2, 0.25) is 5.02 Å². The second-order valence-corrected chi connectivity index (χ2v) is 7.75. The zero-order chi connectivity index (χ0) is 20.6. The first-order valence-corrected chi connectivity index (χ1v) is 10.3. The third-order valence-electron chi connectivity index (χ3n) is 4.44. The average molecular weight is 477 g/mol. The van der Waals surface area contributed by atoms with Crippen LogP contribution in [0.15, 0.2) is 65.1 Å². The van der Waals surface area contributed by atoms with Gasteiger partial charge in [-0.25, -0.2) is 0 Å². The third kappa shape index (κ3) is 6.13. The summed E-state index contributed by atoms with van der Waals surface area (Å²) < 4.78 is 17.6. The van der Waals surface area contributed by atoms with Crippen molar-refractivity contribution in [1.29, 1.82) is 0 Å². The van der Waals surface area contributed by atoms with E-state index in [-0.39, 0.29) is 0 Å².